The van der Waals surface area contributed by atoms with Crippen LogP contribution in [0.1, 0.15) is 56.7 Å². The average Bonchev–Trinajstić information content (AvgIpc) is 3.12. The summed E-state index contributed by atoms with van der Waals surface area (Å²) in [5.41, 5.74) is 2.80. The Morgan fingerprint density at radius 1 is 1.24 bits per heavy atom. The first-order valence-corrected chi connectivity index (χ1v) is 8.74. The third-order valence-electron chi connectivity index (χ3n) is 5.51. The van der Waals surface area contributed by atoms with Crippen molar-refractivity contribution in [2.75, 3.05) is 13.1 Å². The fourth-order valence-corrected chi connectivity index (χ4v) is 4.29. The maximum absolute atomic E-state index is 3.80. The van der Waals surface area contributed by atoms with Gasteiger partial charge in [-0.25, -0.2) is 0 Å². The molecule has 1 saturated carbocycles. The van der Waals surface area contributed by atoms with E-state index in [2.05, 4.69) is 55.3 Å². The zero-order chi connectivity index (χ0) is 14.8. The van der Waals surface area contributed by atoms with Gasteiger partial charge >= 0.3 is 0 Å². The molecule has 0 radical (unpaired) electrons. The molecule has 1 saturated heterocycles. The Morgan fingerprint density at radius 3 is 2.57 bits per heavy atom. The Morgan fingerprint density at radius 2 is 2.00 bits per heavy atom. The molecular formula is C19H30N2. The molecule has 2 aliphatic rings. The van der Waals surface area contributed by atoms with E-state index in [1.807, 2.05) is 0 Å². The molecule has 1 aromatic rings. The van der Waals surface area contributed by atoms with E-state index in [0.29, 0.717) is 12.1 Å². The number of benzene rings is 1. The summed E-state index contributed by atoms with van der Waals surface area (Å²) >= 11 is 0. The van der Waals surface area contributed by atoms with Crippen molar-refractivity contribution in [1.29, 1.82) is 0 Å². The Labute approximate surface area is 129 Å². The summed E-state index contributed by atoms with van der Waals surface area (Å²) in [6.45, 7) is 9.27. The standard InChI is InChI=1S/C19H30N2/c1-4-11-20-19(17-8-5-14(2)6-9-17)15(3)21-13-16-7-10-18(21)12-16/h5-6,8-9,15-16,18-20H,4,7,10-13H2,1-3H3. The molecule has 0 spiro atoms. The van der Waals surface area contributed by atoms with Gasteiger partial charge in [0, 0.05) is 24.7 Å². The number of piperidine rings is 1. The van der Waals surface area contributed by atoms with E-state index >= 15 is 0 Å². The van der Waals surface area contributed by atoms with Gasteiger partial charge in [-0.2, -0.15) is 0 Å². The highest BCUT2D eigenvalue weighted by Crippen LogP contribution is 2.40. The van der Waals surface area contributed by atoms with Gasteiger partial charge in [0.25, 0.3) is 0 Å². The number of fused-ring (bicyclic) bond motifs is 2. The van der Waals surface area contributed by atoms with Crippen molar-refractivity contribution in [3.8, 4) is 0 Å². The Hall–Kier alpha value is -0.860. The predicted molar refractivity (Wildman–Crippen MR) is 89.5 cm³/mol. The van der Waals surface area contributed by atoms with Crippen molar-refractivity contribution < 1.29 is 0 Å². The third-order valence-corrected chi connectivity index (χ3v) is 5.51. The fourth-order valence-electron chi connectivity index (χ4n) is 4.29. The summed E-state index contributed by atoms with van der Waals surface area (Å²) in [5.74, 6) is 0.974. The molecule has 1 N–H and O–H groups in total. The molecule has 0 aromatic heterocycles. The summed E-state index contributed by atoms with van der Waals surface area (Å²) in [7, 11) is 0. The topological polar surface area (TPSA) is 15.3 Å². The molecule has 2 heteroatoms. The van der Waals surface area contributed by atoms with Gasteiger partial charge in [-0.3, -0.25) is 4.90 Å². The summed E-state index contributed by atoms with van der Waals surface area (Å²) < 4.78 is 0. The predicted octanol–water partition coefficient (Wildman–Crippen LogP) is 3.91. The Bertz CT molecular complexity index is 453. The van der Waals surface area contributed by atoms with Crippen molar-refractivity contribution in [2.24, 2.45) is 5.92 Å². The van der Waals surface area contributed by atoms with Crippen molar-refractivity contribution >= 4 is 0 Å². The summed E-state index contributed by atoms with van der Waals surface area (Å²) in [6.07, 6.45) is 5.52. The minimum atomic E-state index is 0.463. The third kappa shape index (κ3) is 3.17. The van der Waals surface area contributed by atoms with Crippen LogP contribution in [0.2, 0.25) is 0 Å². The van der Waals surface area contributed by atoms with Crippen LogP contribution in [0.25, 0.3) is 0 Å². The van der Waals surface area contributed by atoms with E-state index in [1.165, 1.54) is 43.4 Å². The number of likely N-dealkylation sites (tertiary alicyclic amines) is 1. The summed E-state index contributed by atoms with van der Waals surface area (Å²) in [4.78, 5) is 2.78. The highest BCUT2D eigenvalue weighted by molar-refractivity contribution is 5.25. The normalized spacial score (nSPS) is 28.0. The van der Waals surface area contributed by atoms with E-state index in [-0.39, 0.29) is 0 Å². The van der Waals surface area contributed by atoms with Crippen LogP contribution in [0.3, 0.4) is 0 Å². The average molecular weight is 286 g/mol. The van der Waals surface area contributed by atoms with Crippen LogP contribution >= 0.6 is 0 Å². The molecule has 2 nitrogen and oxygen atoms in total. The van der Waals surface area contributed by atoms with E-state index in [9.17, 15) is 0 Å². The zero-order valence-electron chi connectivity index (χ0n) is 13.8. The molecule has 1 aromatic carbocycles. The maximum Gasteiger partial charge on any atom is 0.0475 e. The first kappa shape index (κ1) is 15.1. The quantitative estimate of drug-likeness (QED) is 0.853. The van der Waals surface area contributed by atoms with Crippen molar-refractivity contribution in [1.82, 2.24) is 10.2 Å². The number of hydrogen-bond donors (Lipinski definition) is 1. The molecule has 1 heterocycles. The Kier molecular flexibility index (Phi) is 4.66. The molecule has 4 unspecified atom stereocenters. The monoisotopic (exact) mass is 286 g/mol. The molecule has 116 valence electrons. The maximum atomic E-state index is 3.80. The zero-order valence-corrected chi connectivity index (χ0v) is 13.8. The van der Waals surface area contributed by atoms with Gasteiger partial charge in [0.1, 0.15) is 0 Å². The molecule has 21 heavy (non-hydrogen) atoms. The van der Waals surface area contributed by atoms with E-state index < -0.39 is 0 Å². The minimum absolute atomic E-state index is 0.463. The summed E-state index contributed by atoms with van der Waals surface area (Å²) in [5, 5.41) is 3.80. The first-order chi connectivity index (χ1) is 10.2. The van der Waals surface area contributed by atoms with E-state index in [0.717, 1.165) is 18.5 Å². The van der Waals surface area contributed by atoms with Crippen molar-refractivity contribution in [3.05, 3.63) is 35.4 Å². The second-order valence-corrected chi connectivity index (χ2v) is 7.11. The second-order valence-electron chi connectivity index (χ2n) is 7.11. The fraction of sp³-hybridized carbons (Fsp3) is 0.684. The van der Waals surface area contributed by atoms with E-state index in [4.69, 9.17) is 0 Å². The number of rotatable bonds is 6. The number of nitrogens with one attached hydrogen (secondary N) is 1. The van der Waals surface area contributed by atoms with Gasteiger partial charge in [-0.15, -0.1) is 0 Å². The number of nitrogens with zero attached hydrogens (tertiary/aromatic N) is 1. The lowest BCUT2D eigenvalue weighted by atomic mass is 9.96. The highest BCUT2D eigenvalue weighted by Gasteiger charge is 2.41. The lowest BCUT2D eigenvalue weighted by Gasteiger charge is -2.38. The molecule has 4 atom stereocenters. The molecular weight excluding hydrogens is 256 g/mol. The molecule has 1 aliphatic carbocycles. The van der Waals surface area contributed by atoms with Crippen molar-refractivity contribution in [2.45, 2.75) is 64.6 Å². The van der Waals surface area contributed by atoms with Gasteiger partial charge in [-0.05, 0) is 57.6 Å². The van der Waals surface area contributed by atoms with Crippen LogP contribution in [-0.2, 0) is 0 Å². The van der Waals surface area contributed by atoms with Crippen LogP contribution < -0.4 is 5.32 Å². The van der Waals surface area contributed by atoms with Gasteiger partial charge < -0.3 is 5.32 Å². The minimum Gasteiger partial charge on any atom is -0.309 e. The van der Waals surface area contributed by atoms with Crippen LogP contribution in [0.4, 0.5) is 0 Å². The largest absolute Gasteiger partial charge is 0.309 e. The lowest BCUT2D eigenvalue weighted by Crippen LogP contribution is -2.46. The second kappa shape index (κ2) is 6.50. The van der Waals surface area contributed by atoms with Crippen LogP contribution in [0.15, 0.2) is 24.3 Å². The van der Waals surface area contributed by atoms with Gasteiger partial charge in [-0.1, -0.05) is 36.8 Å². The smallest absolute Gasteiger partial charge is 0.0475 e. The van der Waals surface area contributed by atoms with Gasteiger partial charge in [0.2, 0.25) is 0 Å². The lowest BCUT2D eigenvalue weighted by molar-refractivity contribution is 0.128. The van der Waals surface area contributed by atoms with Gasteiger partial charge in [0.05, 0.1) is 0 Å². The molecule has 2 bridgehead atoms. The summed E-state index contributed by atoms with van der Waals surface area (Å²) in [6, 6.07) is 11.0. The molecule has 3 rings (SSSR count). The molecule has 0 amide bonds. The molecule has 2 fully saturated rings. The SMILES string of the molecule is CCCNC(c1ccc(C)cc1)C(C)N1CC2CCC1C2. The van der Waals surface area contributed by atoms with E-state index in [1.54, 1.807) is 0 Å². The number of aryl methyl sites for hydroxylation is 1. The van der Waals surface area contributed by atoms with Crippen molar-refractivity contribution in [3.63, 3.8) is 0 Å². The Balaban J connectivity index is 1.76. The van der Waals surface area contributed by atoms with Crippen LogP contribution in [0.5, 0.6) is 0 Å². The number of hydrogen-bond acceptors (Lipinski definition) is 2. The van der Waals surface area contributed by atoms with Crippen LogP contribution in [0, 0.1) is 12.8 Å². The molecule has 1 aliphatic heterocycles. The van der Waals surface area contributed by atoms with Crippen LogP contribution in [-0.4, -0.2) is 30.1 Å². The van der Waals surface area contributed by atoms with Gasteiger partial charge in [0.15, 0.2) is 0 Å². The highest BCUT2D eigenvalue weighted by atomic mass is 15.2. The first-order valence-electron chi connectivity index (χ1n) is 8.74.